The smallest absolute Gasteiger partial charge is 0.258 e. The standard InChI is InChI=1S/C16H14N4OS2/c1-3-8-22-16-20-19-15(23-16)18-14(21)12-9-10(2)17-13-7-5-4-6-11(12)13/h3-7,9H,1,8H2,2H3,(H,18,19,21). The molecule has 116 valence electrons. The van der Waals surface area contributed by atoms with E-state index < -0.39 is 0 Å². The number of fused-ring (bicyclic) bond motifs is 1. The summed E-state index contributed by atoms with van der Waals surface area (Å²) in [6.45, 7) is 5.54. The van der Waals surface area contributed by atoms with Crippen molar-refractivity contribution in [2.45, 2.75) is 11.3 Å². The lowest BCUT2D eigenvalue weighted by Crippen LogP contribution is -2.13. The van der Waals surface area contributed by atoms with Gasteiger partial charge in [0.05, 0.1) is 11.1 Å². The van der Waals surface area contributed by atoms with Crippen molar-refractivity contribution in [3.05, 3.63) is 54.2 Å². The summed E-state index contributed by atoms with van der Waals surface area (Å²) in [6.07, 6.45) is 1.80. The molecule has 7 heteroatoms. The first kappa shape index (κ1) is 15.6. The molecule has 0 radical (unpaired) electrons. The van der Waals surface area contributed by atoms with Gasteiger partial charge in [-0.05, 0) is 19.1 Å². The van der Waals surface area contributed by atoms with Gasteiger partial charge in [0.15, 0.2) is 4.34 Å². The fraction of sp³-hybridized carbons (Fsp3) is 0.125. The van der Waals surface area contributed by atoms with Crippen LogP contribution in [-0.4, -0.2) is 26.8 Å². The Labute approximate surface area is 141 Å². The molecule has 3 aromatic rings. The summed E-state index contributed by atoms with van der Waals surface area (Å²) >= 11 is 2.89. The molecule has 0 unspecified atom stereocenters. The number of benzene rings is 1. The van der Waals surface area contributed by atoms with Crippen molar-refractivity contribution in [2.75, 3.05) is 11.1 Å². The maximum Gasteiger partial charge on any atom is 0.258 e. The minimum absolute atomic E-state index is 0.205. The quantitative estimate of drug-likeness (QED) is 0.432. The highest BCUT2D eigenvalue weighted by atomic mass is 32.2. The molecule has 0 atom stereocenters. The van der Waals surface area contributed by atoms with Crippen LogP contribution in [0.4, 0.5) is 5.13 Å². The predicted molar refractivity (Wildman–Crippen MR) is 95.3 cm³/mol. The molecule has 2 heterocycles. The first-order valence-electron chi connectivity index (χ1n) is 6.92. The third kappa shape index (κ3) is 3.57. The van der Waals surface area contributed by atoms with Gasteiger partial charge < -0.3 is 0 Å². The number of rotatable bonds is 5. The van der Waals surface area contributed by atoms with Gasteiger partial charge in [0, 0.05) is 16.8 Å². The van der Waals surface area contributed by atoms with E-state index >= 15 is 0 Å². The van der Waals surface area contributed by atoms with E-state index in [1.165, 1.54) is 23.1 Å². The molecule has 0 fully saturated rings. The van der Waals surface area contributed by atoms with Crippen LogP contribution in [0.5, 0.6) is 0 Å². The first-order chi connectivity index (χ1) is 11.2. The van der Waals surface area contributed by atoms with E-state index in [0.29, 0.717) is 10.7 Å². The molecule has 3 rings (SSSR count). The Morgan fingerprint density at radius 2 is 2.22 bits per heavy atom. The van der Waals surface area contributed by atoms with E-state index in [1.54, 1.807) is 12.1 Å². The Kier molecular flexibility index (Phi) is 4.68. The largest absolute Gasteiger partial charge is 0.296 e. The zero-order chi connectivity index (χ0) is 16.2. The van der Waals surface area contributed by atoms with Gasteiger partial charge in [0.2, 0.25) is 5.13 Å². The van der Waals surface area contributed by atoms with Crippen molar-refractivity contribution in [1.82, 2.24) is 15.2 Å². The summed E-state index contributed by atoms with van der Waals surface area (Å²) in [4.78, 5) is 17.0. The van der Waals surface area contributed by atoms with Gasteiger partial charge in [-0.2, -0.15) is 0 Å². The number of nitrogens with zero attached hydrogens (tertiary/aromatic N) is 3. The third-order valence-electron chi connectivity index (χ3n) is 3.04. The molecule has 0 bridgehead atoms. The average Bonchev–Trinajstić information content (AvgIpc) is 2.99. The zero-order valence-electron chi connectivity index (χ0n) is 12.4. The molecule has 0 aliphatic heterocycles. The highest BCUT2D eigenvalue weighted by molar-refractivity contribution is 8.01. The summed E-state index contributed by atoms with van der Waals surface area (Å²) in [5.74, 6) is 0.555. The monoisotopic (exact) mass is 342 g/mol. The Morgan fingerprint density at radius 3 is 3.04 bits per heavy atom. The highest BCUT2D eigenvalue weighted by Gasteiger charge is 2.14. The molecule has 0 saturated heterocycles. The highest BCUT2D eigenvalue weighted by Crippen LogP contribution is 2.26. The number of anilines is 1. The van der Waals surface area contributed by atoms with Crippen LogP contribution in [0.2, 0.25) is 0 Å². The van der Waals surface area contributed by atoms with Gasteiger partial charge in [-0.3, -0.25) is 15.1 Å². The van der Waals surface area contributed by atoms with Gasteiger partial charge >= 0.3 is 0 Å². The Hall–Kier alpha value is -2.25. The molecule has 0 spiro atoms. The molecule has 0 aliphatic rings. The second kappa shape index (κ2) is 6.89. The van der Waals surface area contributed by atoms with Crippen molar-refractivity contribution < 1.29 is 4.79 Å². The predicted octanol–water partition coefficient (Wildman–Crippen LogP) is 3.93. The fourth-order valence-corrected chi connectivity index (χ4v) is 3.62. The van der Waals surface area contributed by atoms with Gasteiger partial charge in [-0.1, -0.05) is 47.4 Å². The maximum atomic E-state index is 12.6. The maximum absolute atomic E-state index is 12.6. The number of aromatic nitrogens is 3. The van der Waals surface area contributed by atoms with Gasteiger partial charge in [-0.25, -0.2) is 0 Å². The summed E-state index contributed by atoms with van der Waals surface area (Å²) in [5, 5.41) is 12.2. The number of hydrogen-bond acceptors (Lipinski definition) is 6. The van der Waals surface area contributed by atoms with Crippen LogP contribution in [0, 0.1) is 6.92 Å². The van der Waals surface area contributed by atoms with E-state index in [-0.39, 0.29) is 5.91 Å². The molecule has 1 aromatic carbocycles. The van der Waals surface area contributed by atoms with Crippen molar-refractivity contribution in [3.8, 4) is 0 Å². The number of pyridine rings is 1. The van der Waals surface area contributed by atoms with Crippen molar-refractivity contribution >= 4 is 45.0 Å². The molecule has 0 aliphatic carbocycles. The number of para-hydroxylation sites is 1. The number of thioether (sulfide) groups is 1. The molecule has 23 heavy (non-hydrogen) atoms. The molecule has 1 amide bonds. The van der Waals surface area contributed by atoms with Gasteiger partial charge in [0.25, 0.3) is 5.91 Å². The summed E-state index contributed by atoms with van der Waals surface area (Å²) in [7, 11) is 0. The topological polar surface area (TPSA) is 67.8 Å². The number of nitrogens with one attached hydrogen (secondary N) is 1. The van der Waals surface area contributed by atoms with Crippen LogP contribution in [0.1, 0.15) is 16.1 Å². The van der Waals surface area contributed by atoms with E-state index in [9.17, 15) is 4.79 Å². The second-order valence-corrected chi connectivity index (χ2v) is 7.00. The van der Waals surface area contributed by atoms with Crippen molar-refractivity contribution in [3.63, 3.8) is 0 Å². The van der Waals surface area contributed by atoms with Crippen LogP contribution >= 0.6 is 23.1 Å². The van der Waals surface area contributed by atoms with Crippen LogP contribution in [0.15, 0.2) is 47.3 Å². The Bertz CT molecular complexity index is 875. The lowest BCUT2D eigenvalue weighted by Gasteiger charge is -2.07. The van der Waals surface area contributed by atoms with E-state index in [2.05, 4.69) is 27.1 Å². The van der Waals surface area contributed by atoms with Gasteiger partial charge in [0.1, 0.15) is 0 Å². The van der Waals surface area contributed by atoms with Gasteiger partial charge in [-0.15, -0.1) is 16.8 Å². The van der Waals surface area contributed by atoms with Crippen LogP contribution in [0.25, 0.3) is 10.9 Å². The zero-order valence-corrected chi connectivity index (χ0v) is 14.1. The SMILES string of the molecule is C=CCSc1nnc(NC(=O)c2cc(C)nc3ccccc23)s1. The summed E-state index contributed by atoms with van der Waals surface area (Å²) in [6, 6.07) is 9.37. The Morgan fingerprint density at radius 1 is 1.39 bits per heavy atom. The fourth-order valence-electron chi connectivity index (χ4n) is 2.11. The van der Waals surface area contributed by atoms with Crippen molar-refractivity contribution in [2.24, 2.45) is 0 Å². The minimum atomic E-state index is -0.205. The van der Waals surface area contributed by atoms with Crippen LogP contribution in [-0.2, 0) is 0 Å². The normalized spacial score (nSPS) is 10.7. The molecule has 1 N–H and O–H groups in total. The lowest BCUT2D eigenvalue weighted by atomic mass is 10.1. The second-order valence-electron chi connectivity index (χ2n) is 4.76. The summed E-state index contributed by atoms with van der Waals surface area (Å²) in [5.41, 5.74) is 2.19. The molecular formula is C16H14N4OS2. The van der Waals surface area contributed by atoms with Crippen molar-refractivity contribution in [1.29, 1.82) is 0 Å². The van der Waals surface area contributed by atoms with E-state index in [1.807, 2.05) is 31.2 Å². The average molecular weight is 342 g/mol. The minimum Gasteiger partial charge on any atom is -0.296 e. The summed E-state index contributed by atoms with van der Waals surface area (Å²) < 4.78 is 0.802. The number of hydrogen-bond donors (Lipinski definition) is 1. The molecule has 2 aromatic heterocycles. The molecule has 5 nitrogen and oxygen atoms in total. The number of carbonyl (C=O) groups excluding carboxylic acids is 1. The van der Waals surface area contributed by atoms with E-state index in [0.717, 1.165) is 26.7 Å². The van der Waals surface area contributed by atoms with Crippen LogP contribution < -0.4 is 5.32 Å². The molecular weight excluding hydrogens is 328 g/mol. The first-order valence-corrected chi connectivity index (χ1v) is 8.72. The third-order valence-corrected chi connectivity index (χ3v) is 5.01. The van der Waals surface area contributed by atoms with Crippen LogP contribution in [0.3, 0.4) is 0 Å². The number of amides is 1. The Balaban J connectivity index is 1.86. The van der Waals surface area contributed by atoms with E-state index in [4.69, 9.17) is 0 Å². The number of carbonyl (C=O) groups is 1. The lowest BCUT2D eigenvalue weighted by molar-refractivity contribution is 0.102. The number of aryl methyl sites for hydroxylation is 1. The molecule has 0 saturated carbocycles.